The summed E-state index contributed by atoms with van der Waals surface area (Å²) in [5, 5.41) is 12.4. The number of carboxylic acids is 1. The van der Waals surface area contributed by atoms with Gasteiger partial charge in [-0.05, 0) is 42.9 Å². The van der Waals surface area contributed by atoms with Crippen LogP contribution in [0.25, 0.3) is 0 Å². The number of urea groups is 1. The molecule has 2 atom stereocenters. The number of anilines is 1. The molecular formula is C17H22N2O3. The predicted molar refractivity (Wildman–Crippen MR) is 83.8 cm³/mol. The molecule has 5 nitrogen and oxygen atoms in total. The second kappa shape index (κ2) is 5.63. The fraction of sp³-hybridized carbons (Fsp3) is 0.529. The number of aryl methyl sites for hydroxylation is 1. The van der Waals surface area contributed by atoms with Crippen LogP contribution in [-0.2, 0) is 11.2 Å². The molecule has 2 fully saturated rings. The lowest BCUT2D eigenvalue weighted by molar-refractivity contribution is -0.149. The molecule has 2 amide bonds. The third-order valence-electron chi connectivity index (χ3n) is 5.20. The van der Waals surface area contributed by atoms with Crippen molar-refractivity contribution in [3.63, 3.8) is 0 Å². The Morgan fingerprint density at radius 2 is 2.09 bits per heavy atom. The van der Waals surface area contributed by atoms with Crippen LogP contribution in [0.2, 0.25) is 0 Å². The van der Waals surface area contributed by atoms with Crippen LogP contribution in [0.5, 0.6) is 0 Å². The van der Waals surface area contributed by atoms with E-state index >= 15 is 0 Å². The van der Waals surface area contributed by atoms with Crippen LogP contribution in [-0.4, -0.2) is 35.1 Å². The average molecular weight is 302 g/mol. The summed E-state index contributed by atoms with van der Waals surface area (Å²) in [6.07, 6.45) is 3.50. The van der Waals surface area contributed by atoms with Crippen molar-refractivity contribution in [1.29, 1.82) is 0 Å². The predicted octanol–water partition coefficient (Wildman–Crippen LogP) is 2.97. The van der Waals surface area contributed by atoms with Gasteiger partial charge < -0.3 is 15.3 Å². The van der Waals surface area contributed by atoms with E-state index in [9.17, 15) is 14.7 Å². The van der Waals surface area contributed by atoms with Crippen molar-refractivity contribution >= 4 is 17.7 Å². The van der Waals surface area contributed by atoms with Crippen molar-refractivity contribution in [2.75, 3.05) is 18.4 Å². The summed E-state index contributed by atoms with van der Waals surface area (Å²) in [6, 6.07) is 7.57. The van der Waals surface area contributed by atoms with Crippen molar-refractivity contribution < 1.29 is 14.7 Å². The molecule has 0 unspecified atom stereocenters. The third-order valence-corrected chi connectivity index (χ3v) is 5.20. The smallest absolute Gasteiger partial charge is 0.321 e. The second-order valence-corrected chi connectivity index (χ2v) is 6.41. The Hall–Kier alpha value is -2.04. The summed E-state index contributed by atoms with van der Waals surface area (Å²) in [5.41, 5.74) is 1.26. The Bertz CT molecular complexity index is 584. The number of carboxylic acid groups (broad SMARTS) is 1. The SMILES string of the molecule is CCc1ccc(NC(=O)N2C[C@@H]3CCC[C@@]3(C(=O)O)C2)cc1. The lowest BCUT2D eigenvalue weighted by Gasteiger charge is -2.23. The number of nitrogens with zero attached hydrogens (tertiary/aromatic N) is 1. The summed E-state index contributed by atoms with van der Waals surface area (Å²) in [5.74, 6) is -0.657. The highest BCUT2D eigenvalue weighted by Gasteiger charge is 2.55. The number of rotatable bonds is 3. The molecule has 2 aliphatic rings. The van der Waals surface area contributed by atoms with Crippen molar-refractivity contribution in [1.82, 2.24) is 4.90 Å². The minimum absolute atomic E-state index is 0.0956. The molecule has 1 saturated heterocycles. The van der Waals surface area contributed by atoms with Crippen molar-refractivity contribution in [3.05, 3.63) is 29.8 Å². The van der Waals surface area contributed by atoms with Crippen LogP contribution in [0.3, 0.4) is 0 Å². The Kier molecular flexibility index (Phi) is 3.81. The summed E-state index contributed by atoms with van der Waals surface area (Å²) in [6.45, 7) is 2.96. The van der Waals surface area contributed by atoms with Gasteiger partial charge in [-0.15, -0.1) is 0 Å². The first kappa shape index (κ1) is 14.9. The van der Waals surface area contributed by atoms with E-state index in [1.54, 1.807) is 4.90 Å². The van der Waals surface area contributed by atoms with Gasteiger partial charge in [-0.3, -0.25) is 4.79 Å². The van der Waals surface area contributed by atoms with Gasteiger partial charge in [0.2, 0.25) is 0 Å². The zero-order valence-electron chi connectivity index (χ0n) is 12.8. The van der Waals surface area contributed by atoms with E-state index in [1.807, 2.05) is 24.3 Å². The lowest BCUT2D eigenvalue weighted by atomic mass is 9.81. The van der Waals surface area contributed by atoms with Gasteiger partial charge in [0.05, 0.1) is 5.41 Å². The minimum Gasteiger partial charge on any atom is -0.481 e. The summed E-state index contributed by atoms with van der Waals surface area (Å²) < 4.78 is 0. The Morgan fingerprint density at radius 3 is 2.68 bits per heavy atom. The molecule has 118 valence electrons. The number of fused-ring (bicyclic) bond motifs is 1. The van der Waals surface area contributed by atoms with Gasteiger partial charge >= 0.3 is 12.0 Å². The highest BCUT2D eigenvalue weighted by molar-refractivity contribution is 5.90. The quantitative estimate of drug-likeness (QED) is 0.902. The number of carbonyl (C=O) groups excluding carboxylic acids is 1. The van der Waals surface area contributed by atoms with Crippen molar-refractivity contribution in [2.24, 2.45) is 11.3 Å². The standard InChI is InChI=1S/C17H22N2O3/c1-2-12-5-7-14(8-6-12)18-16(22)19-10-13-4-3-9-17(13,11-19)15(20)21/h5-8,13H,2-4,9-11H2,1H3,(H,18,22)(H,20,21)/t13-,17+/m0/s1. The molecule has 0 aromatic heterocycles. The van der Waals surface area contributed by atoms with E-state index in [0.29, 0.717) is 19.5 Å². The Labute approximate surface area is 130 Å². The highest BCUT2D eigenvalue weighted by Crippen LogP contribution is 2.48. The summed E-state index contributed by atoms with van der Waals surface area (Å²) >= 11 is 0. The van der Waals surface area contributed by atoms with Gasteiger partial charge in [-0.2, -0.15) is 0 Å². The van der Waals surface area contributed by atoms with Crippen LogP contribution >= 0.6 is 0 Å². The van der Waals surface area contributed by atoms with Crippen LogP contribution in [0.4, 0.5) is 10.5 Å². The highest BCUT2D eigenvalue weighted by atomic mass is 16.4. The number of likely N-dealkylation sites (tertiary alicyclic amines) is 1. The topological polar surface area (TPSA) is 69.6 Å². The van der Waals surface area contributed by atoms with Gasteiger partial charge in [0.15, 0.2) is 0 Å². The molecule has 5 heteroatoms. The maximum absolute atomic E-state index is 12.4. The Balaban J connectivity index is 1.67. The van der Waals surface area contributed by atoms with E-state index in [0.717, 1.165) is 24.9 Å². The molecule has 2 N–H and O–H groups in total. The minimum atomic E-state index is -0.752. The van der Waals surface area contributed by atoms with E-state index in [-0.39, 0.29) is 11.9 Å². The van der Waals surface area contributed by atoms with E-state index in [1.165, 1.54) is 5.56 Å². The molecule has 1 heterocycles. The molecule has 1 aliphatic heterocycles. The van der Waals surface area contributed by atoms with E-state index in [2.05, 4.69) is 12.2 Å². The second-order valence-electron chi connectivity index (χ2n) is 6.41. The van der Waals surface area contributed by atoms with Crippen LogP contribution < -0.4 is 5.32 Å². The summed E-state index contributed by atoms with van der Waals surface area (Å²) in [7, 11) is 0. The van der Waals surface area contributed by atoms with Crippen LogP contribution in [0.15, 0.2) is 24.3 Å². The number of aliphatic carboxylic acids is 1. The first-order valence-corrected chi connectivity index (χ1v) is 7.93. The molecule has 1 aromatic carbocycles. The number of nitrogens with one attached hydrogen (secondary N) is 1. The normalized spacial score (nSPS) is 26.8. The van der Waals surface area contributed by atoms with E-state index < -0.39 is 11.4 Å². The molecule has 0 bridgehead atoms. The van der Waals surface area contributed by atoms with Gasteiger partial charge in [-0.25, -0.2) is 4.79 Å². The van der Waals surface area contributed by atoms with E-state index in [4.69, 9.17) is 0 Å². The molecule has 0 radical (unpaired) electrons. The number of hydrogen-bond donors (Lipinski definition) is 2. The molecule has 22 heavy (non-hydrogen) atoms. The number of amides is 2. The largest absolute Gasteiger partial charge is 0.481 e. The molecular weight excluding hydrogens is 280 g/mol. The third kappa shape index (κ3) is 2.45. The molecule has 1 aliphatic carbocycles. The summed E-state index contributed by atoms with van der Waals surface area (Å²) in [4.78, 5) is 25.7. The molecule has 3 rings (SSSR count). The Morgan fingerprint density at radius 1 is 1.36 bits per heavy atom. The molecule has 1 saturated carbocycles. The first-order valence-electron chi connectivity index (χ1n) is 7.93. The van der Waals surface area contributed by atoms with Gasteiger partial charge in [-0.1, -0.05) is 25.5 Å². The fourth-order valence-corrected chi connectivity index (χ4v) is 3.82. The number of hydrogen-bond acceptors (Lipinski definition) is 2. The first-order chi connectivity index (χ1) is 10.5. The maximum Gasteiger partial charge on any atom is 0.321 e. The number of carbonyl (C=O) groups is 2. The zero-order chi connectivity index (χ0) is 15.7. The van der Waals surface area contributed by atoms with Crippen LogP contribution in [0, 0.1) is 11.3 Å². The fourth-order valence-electron chi connectivity index (χ4n) is 3.82. The molecule has 0 spiro atoms. The monoisotopic (exact) mass is 302 g/mol. The van der Waals surface area contributed by atoms with Crippen LogP contribution in [0.1, 0.15) is 31.7 Å². The van der Waals surface area contributed by atoms with Crippen molar-refractivity contribution in [3.8, 4) is 0 Å². The molecule has 1 aromatic rings. The van der Waals surface area contributed by atoms with Gasteiger partial charge in [0, 0.05) is 18.8 Å². The van der Waals surface area contributed by atoms with Gasteiger partial charge in [0.25, 0.3) is 0 Å². The maximum atomic E-state index is 12.4. The average Bonchev–Trinajstić information content (AvgIpc) is 3.06. The number of benzene rings is 1. The lowest BCUT2D eigenvalue weighted by Crippen LogP contribution is -2.38. The zero-order valence-corrected chi connectivity index (χ0v) is 12.8. The van der Waals surface area contributed by atoms with Gasteiger partial charge in [0.1, 0.15) is 0 Å². The van der Waals surface area contributed by atoms with Crippen molar-refractivity contribution in [2.45, 2.75) is 32.6 Å².